The summed E-state index contributed by atoms with van der Waals surface area (Å²) < 4.78 is 5.87. The maximum absolute atomic E-state index is 13.6. The monoisotopic (exact) mass is 1100 g/mol. The number of carboxylic acids is 1. The summed E-state index contributed by atoms with van der Waals surface area (Å²) in [6.07, 6.45) is 20.9. The maximum atomic E-state index is 13.6. The summed E-state index contributed by atoms with van der Waals surface area (Å²) in [7, 11) is 3.54. The van der Waals surface area contributed by atoms with Gasteiger partial charge in [0.1, 0.15) is 13.1 Å². The second-order valence-electron chi connectivity index (χ2n) is 19.7. The zero-order valence-corrected chi connectivity index (χ0v) is 44.7. The lowest BCUT2D eigenvalue weighted by atomic mass is 9.96. The number of aliphatic carboxylic acids is 1. The normalized spacial score (nSPS) is 13.7. The fourth-order valence-electron chi connectivity index (χ4n) is 9.45. The topological polar surface area (TPSA) is 279 Å². The number of anilines is 2. The van der Waals surface area contributed by atoms with Crippen LogP contribution in [-0.2, 0) is 60.7 Å². The highest BCUT2D eigenvalue weighted by Crippen LogP contribution is 2.49. The van der Waals surface area contributed by atoms with Crippen molar-refractivity contribution in [3.05, 3.63) is 188 Å². The Morgan fingerprint density at radius 2 is 1.10 bits per heavy atom. The molecule has 1 amide bonds. The van der Waals surface area contributed by atoms with Crippen LogP contribution in [0.5, 0.6) is 0 Å². The van der Waals surface area contributed by atoms with Gasteiger partial charge in [-0.25, -0.2) is 9.97 Å². The van der Waals surface area contributed by atoms with Crippen LogP contribution in [0.25, 0.3) is 44.3 Å². The highest BCUT2D eigenvalue weighted by atomic mass is 35.5. The van der Waals surface area contributed by atoms with Crippen LogP contribution in [0.4, 0.5) is 11.6 Å². The third-order valence-electron chi connectivity index (χ3n) is 14.2. The van der Waals surface area contributed by atoms with E-state index in [0.29, 0.717) is 58.7 Å². The molecule has 79 heavy (non-hydrogen) atoms. The van der Waals surface area contributed by atoms with Crippen molar-refractivity contribution in [2.75, 3.05) is 23.7 Å². The van der Waals surface area contributed by atoms with Gasteiger partial charge in [-0.3, -0.25) is 47.6 Å². The van der Waals surface area contributed by atoms with E-state index in [1.807, 2.05) is 79.0 Å². The van der Waals surface area contributed by atoms with Gasteiger partial charge in [-0.15, -0.1) is 0 Å². The Labute approximate surface area is 461 Å². The van der Waals surface area contributed by atoms with Crippen LogP contribution in [-0.4, -0.2) is 88.7 Å². The van der Waals surface area contributed by atoms with Gasteiger partial charge < -0.3 is 36.8 Å². The standard InChI is InChI=1S/C28H27ClN8O2.C20H20ClN5O3.C8H9N3/c1-36-15-19(12-34-36)24-14-32-26(33-17-28(7-8-28)20-2-4-21(29)5-3-20)27(39)37(24)16-25(38)31-13-22-10-18-11-30-9-6-23(18)35-22;1-25-10-13(8-24-25)16-9-22-18(19(29)26(16)11-17(27)28)23-12-20(6-7-20)14-2-4-15(21)5-3-14;9-4-7-3-6-5-10-2-1-8(6)11-7/h2-6,9-12,14-15,35H,7-8,13,16-17H2,1H3,(H,31,38)(H,32,33);2-5,8-10H,6-7,11-12H2,1H3,(H,22,23)(H,27,28);1-3,5,11H,4,9H2. The van der Waals surface area contributed by atoms with E-state index >= 15 is 0 Å². The second kappa shape index (κ2) is 23.0. The molecular weight excluding hydrogens is 1050 g/mol. The predicted octanol–water partition coefficient (Wildman–Crippen LogP) is 7.18. The fourth-order valence-corrected chi connectivity index (χ4v) is 9.70. The van der Waals surface area contributed by atoms with Gasteiger partial charge in [-0.1, -0.05) is 47.5 Å². The quantitative estimate of drug-likeness (QED) is 0.0476. The number of carbonyl (C=O) groups excluding carboxylic acids is 1. The Morgan fingerprint density at radius 1 is 0.646 bits per heavy atom. The minimum Gasteiger partial charge on any atom is -0.480 e. The lowest BCUT2D eigenvalue weighted by molar-refractivity contribution is -0.137. The number of hydrogen-bond acceptors (Lipinski definition) is 13. The third-order valence-corrected chi connectivity index (χ3v) is 14.7. The van der Waals surface area contributed by atoms with Crippen molar-refractivity contribution in [1.82, 2.24) is 63.9 Å². The molecule has 2 aromatic carbocycles. The Bertz CT molecular complexity index is 3860. The van der Waals surface area contributed by atoms with Gasteiger partial charge in [0.15, 0.2) is 11.6 Å². The molecule has 2 saturated carbocycles. The number of fused-ring (bicyclic) bond motifs is 2. The van der Waals surface area contributed by atoms with E-state index in [1.165, 1.54) is 20.9 Å². The lowest BCUT2D eigenvalue weighted by Crippen LogP contribution is -2.35. The number of H-pyrrole nitrogens is 2. The van der Waals surface area contributed by atoms with Crippen molar-refractivity contribution in [3.63, 3.8) is 0 Å². The zero-order valence-electron chi connectivity index (χ0n) is 43.2. The summed E-state index contributed by atoms with van der Waals surface area (Å²) >= 11 is 12.0. The SMILES string of the molecule is Cn1cc(-c2cnc(NCC3(c4ccc(Cl)cc4)CC3)c(=O)n2CC(=O)NCc2cc3cnccc3[nH]2)cn1.Cn1cc(-c2cnc(NCC3(c4ccc(Cl)cc4)CC3)c(=O)n2CC(=O)O)cn1.NCc1cc2cnccc2[nH]1. The van der Waals surface area contributed by atoms with Gasteiger partial charge in [0, 0.05) is 136 Å². The summed E-state index contributed by atoms with van der Waals surface area (Å²) in [6.45, 7) is 1.33. The van der Waals surface area contributed by atoms with Gasteiger partial charge in [0.2, 0.25) is 5.91 Å². The number of carboxylic acid groups (broad SMARTS) is 1. The van der Waals surface area contributed by atoms with Crippen molar-refractivity contribution >= 4 is 68.5 Å². The van der Waals surface area contributed by atoms with Gasteiger partial charge >= 0.3 is 5.97 Å². The van der Waals surface area contributed by atoms with Crippen LogP contribution >= 0.6 is 23.2 Å². The van der Waals surface area contributed by atoms with E-state index in [-0.39, 0.29) is 40.5 Å². The maximum Gasteiger partial charge on any atom is 0.323 e. The van der Waals surface area contributed by atoms with E-state index < -0.39 is 18.1 Å². The number of aromatic amines is 2. The molecule has 0 unspecified atom stereocenters. The van der Waals surface area contributed by atoms with E-state index in [4.69, 9.17) is 28.9 Å². The van der Waals surface area contributed by atoms with E-state index in [1.54, 1.807) is 73.0 Å². The van der Waals surface area contributed by atoms with Gasteiger partial charge in [0.05, 0.1) is 42.7 Å². The molecule has 0 bridgehead atoms. The highest BCUT2D eigenvalue weighted by molar-refractivity contribution is 6.30. The average molecular weight is 1100 g/mol. The third kappa shape index (κ3) is 12.4. The molecule has 0 spiro atoms. The average Bonchev–Trinajstić information content (AvgIpc) is 4.23. The molecular formula is C56H56Cl2N16O5. The second-order valence-corrected chi connectivity index (χ2v) is 20.6. The first-order valence-corrected chi connectivity index (χ1v) is 26.1. The Hall–Kier alpha value is -8.92. The highest BCUT2D eigenvalue weighted by Gasteiger charge is 2.45. The van der Waals surface area contributed by atoms with Crippen molar-refractivity contribution in [1.29, 1.82) is 0 Å². The molecule has 0 atom stereocenters. The molecule has 0 radical (unpaired) electrons. The number of hydrogen-bond donors (Lipinski definition) is 7. The molecule has 21 nitrogen and oxygen atoms in total. The number of aromatic nitrogens is 12. The summed E-state index contributed by atoms with van der Waals surface area (Å²) in [6, 6.07) is 23.3. The molecule has 2 aliphatic carbocycles. The van der Waals surface area contributed by atoms with Crippen molar-refractivity contribution in [2.24, 2.45) is 19.8 Å². The first kappa shape index (κ1) is 53.5. The molecule has 10 aromatic rings. The Morgan fingerprint density at radius 3 is 1.52 bits per heavy atom. The fraction of sp³-hybridized carbons (Fsp3) is 0.250. The number of halogens is 2. The van der Waals surface area contributed by atoms with Crippen LogP contribution in [0, 0.1) is 0 Å². The Kier molecular flexibility index (Phi) is 15.5. The number of nitrogens with zero attached hydrogens (tertiary/aromatic N) is 10. The number of rotatable bonds is 17. The molecule has 8 aromatic heterocycles. The number of pyridine rings is 2. The zero-order chi connectivity index (χ0) is 55.3. The first-order valence-electron chi connectivity index (χ1n) is 25.4. The van der Waals surface area contributed by atoms with Crippen molar-refractivity contribution in [2.45, 2.75) is 62.7 Å². The van der Waals surface area contributed by atoms with E-state index in [9.17, 15) is 24.3 Å². The number of nitrogens with one attached hydrogen (secondary N) is 5. The summed E-state index contributed by atoms with van der Waals surface area (Å²) in [4.78, 5) is 74.2. The minimum absolute atomic E-state index is 0.0572. The van der Waals surface area contributed by atoms with Crippen LogP contribution in [0.3, 0.4) is 0 Å². The molecule has 23 heteroatoms. The van der Waals surface area contributed by atoms with Crippen LogP contribution in [0.15, 0.2) is 144 Å². The number of amides is 1. The molecule has 0 aliphatic heterocycles. The summed E-state index contributed by atoms with van der Waals surface area (Å²) in [5.74, 6) is -1.05. The van der Waals surface area contributed by atoms with Crippen molar-refractivity contribution < 1.29 is 14.7 Å². The smallest absolute Gasteiger partial charge is 0.323 e. The molecule has 404 valence electrons. The van der Waals surface area contributed by atoms with Gasteiger partial charge in [-0.2, -0.15) is 10.2 Å². The molecule has 2 fully saturated rings. The predicted molar refractivity (Wildman–Crippen MR) is 303 cm³/mol. The molecule has 2 aliphatic rings. The Balaban J connectivity index is 0.000000153. The van der Waals surface area contributed by atoms with E-state index in [2.05, 4.69) is 56.1 Å². The van der Waals surface area contributed by atoms with Crippen molar-refractivity contribution in [3.8, 4) is 22.5 Å². The van der Waals surface area contributed by atoms with Crippen LogP contribution in [0.2, 0.25) is 10.0 Å². The number of aryl methyl sites for hydroxylation is 2. The van der Waals surface area contributed by atoms with E-state index in [0.717, 1.165) is 64.4 Å². The van der Waals surface area contributed by atoms with Crippen LogP contribution in [0.1, 0.15) is 48.2 Å². The first-order chi connectivity index (χ1) is 38.2. The lowest BCUT2D eigenvalue weighted by Gasteiger charge is -2.18. The minimum atomic E-state index is -1.10. The number of carbonyl (C=O) groups is 2. The molecule has 0 saturated heterocycles. The number of nitrogens with two attached hydrogens (primary N) is 1. The summed E-state index contributed by atoms with van der Waals surface area (Å²) in [5, 5.41) is 30.3. The largest absolute Gasteiger partial charge is 0.480 e. The summed E-state index contributed by atoms with van der Waals surface area (Å²) in [5.41, 5.74) is 13.0. The number of benzene rings is 2. The molecule has 8 heterocycles. The van der Waals surface area contributed by atoms with Crippen LogP contribution < -0.4 is 32.8 Å². The molecule has 8 N–H and O–H groups in total. The van der Waals surface area contributed by atoms with Gasteiger partial charge in [-0.05, 0) is 85.3 Å². The molecule has 12 rings (SSSR count). The van der Waals surface area contributed by atoms with Gasteiger partial charge in [0.25, 0.3) is 11.1 Å².